The number of hydrogen-bond donors (Lipinski definition) is 1. The van der Waals surface area contributed by atoms with Gasteiger partial charge in [0.15, 0.2) is 0 Å². The van der Waals surface area contributed by atoms with Gasteiger partial charge in [-0.25, -0.2) is 9.97 Å². The number of pyridine rings is 2. The summed E-state index contributed by atoms with van der Waals surface area (Å²) in [4.78, 5) is 8.15. The van der Waals surface area contributed by atoms with Gasteiger partial charge in [0.05, 0.1) is 19.2 Å². The van der Waals surface area contributed by atoms with E-state index >= 15 is 0 Å². The summed E-state index contributed by atoms with van der Waals surface area (Å²) in [5.74, 6) is 0.578. The standard InChI is InChI=1S/C10H9ClN2O.C2H7NO/c1-6-4-13-10(14-2)8-5-12-9(11)3-7(6)8;1-4-2-3/h3-5H,1-2H3;2-3H2,1H3. The van der Waals surface area contributed by atoms with Crippen molar-refractivity contribution >= 4 is 22.4 Å². The lowest BCUT2D eigenvalue weighted by atomic mass is 10.1. The summed E-state index contributed by atoms with van der Waals surface area (Å²) < 4.78 is 9.45. The van der Waals surface area contributed by atoms with Crippen LogP contribution in [0.2, 0.25) is 5.15 Å². The minimum absolute atomic E-state index is 0.319. The zero-order valence-electron chi connectivity index (χ0n) is 10.6. The minimum Gasteiger partial charge on any atom is -0.481 e. The highest BCUT2D eigenvalue weighted by atomic mass is 35.5. The van der Waals surface area contributed by atoms with Gasteiger partial charge < -0.3 is 15.2 Å². The maximum Gasteiger partial charge on any atom is 0.222 e. The van der Waals surface area contributed by atoms with Crippen molar-refractivity contribution in [1.82, 2.24) is 9.97 Å². The van der Waals surface area contributed by atoms with Crippen molar-refractivity contribution < 1.29 is 9.47 Å². The Morgan fingerprint density at radius 1 is 1.22 bits per heavy atom. The Bertz CT molecular complexity index is 518. The number of ether oxygens (including phenoxy) is 2. The Balaban J connectivity index is 0.000000357. The third-order valence-electron chi connectivity index (χ3n) is 2.26. The zero-order chi connectivity index (χ0) is 13.5. The van der Waals surface area contributed by atoms with E-state index in [0.29, 0.717) is 17.8 Å². The monoisotopic (exact) mass is 269 g/mol. The molecule has 0 aromatic carbocycles. The summed E-state index contributed by atoms with van der Waals surface area (Å²) in [5, 5.41) is 2.39. The average molecular weight is 270 g/mol. The lowest BCUT2D eigenvalue weighted by Gasteiger charge is -2.05. The van der Waals surface area contributed by atoms with E-state index in [4.69, 9.17) is 22.1 Å². The Morgan fingerprint density at radius 3 is 2.44 bits per heavy atom. The Labute approximate surface area is 111 Å². The molecule has 0 unspecified atom stereocenters. The third kappa shape index (κ3) is 3.53. The van der Waals surface area contributed by atoms with Gasteiger partial charge in [0.25, 0.3) is 0 Å². The normalized spacial score (nSPS) is 9.83. The molecule has 0 aliphatic carbocycles. The van der Waals surface area contributed by atoms with Crippen molar-refractivity contribution in [1.29, 1.82) is 0 Å². The van der Waals surface area contributed by atoms with E-state index in [0.717, 1.165) is 16.3 Å². The number of nitrogens with zero attached hydrogens (tertiary/aromatic N) is 2. The number of aryl methyl sites for hydroxylation is 1. The summed E-state index contributed by atoms with van der Waals surface area (Å²) in [6.45, 7) is 2.30. The quantitative estimate of drug-likeness (QED) is 0.668. The van der Waals surface area contributed by atoms with Gasteiger partial charge in [-0.1, -0.05) is 11.6 Å². The second-order valence-corrected chi connectivity index (χ2v) is 3.85. The third-order valence-corrected chi connectivity index (χ3v) is 2.47. The minimum atomic E-state index is 0.319. The molecule has 0 fully saturated rings. The molecule has 6 heteroatoms. The molecule has 2 rings (SSSR count). The van der Waals surface area contributed by atoms with Gasteiger partial charge in [0.2, 0.25) is 5.88 Å². The molecule has 2 aromatic heterocycles. The molecule has 0 saturated carbocycles. The second-order valence-electron chi connectivity index (χ2n) is 3.46. The molecule has 0 amide bonds. The molecule has 0 saturated heterocycles. The lowest BCUT2D eigenvalue weighted by molar-refractivity contribution is 0.207. The molecule has 2 heterocycles. The van der Waals surface area contributed by atoms with Crippen molar-refractivity contribution in [2.75, 3.05) is 21.0 Å². The number of aromatic nitrogens is 2. The molecule has 2 N–H and O–H groups in total. The maximum absolute atomic E-state index is 5.81. The summed E-state index contributed by atoms with van der Waals surface area (Å²) in [6, 6.07) is 1.82. The highest BCUT2D eigenvalue weighted by molar-refractivity contribution is 6.30. The topological polar surface area (TPSA) is 70.3 Å². The molecule has 18 heavy (non-hydrogen) atoms. The highest BCUT2D eigenvalue weighted by Crippen LogP contribution is 2.26. The summed E-state index contributed by atoms with van der Waals surface area (Å²) in [5.41, 5.74) is 5.87. The number of rotatable bonds is 2. The van der Waals surface area contributed by atoms with Crippen LogP contribution >= 0.6 is 11.6 Å². The Morgan fingerprint density at radius 2 is 1.89 bits per heavy atom. The van der Waals surface area contributed by atoms with Crippen LogP contribution in [0.25, 0.3) is 10.8 Å². The molecule has 0 bridgehead atoms. The number of halogens is 1. The molecule has 0 radical (unpaired) electrons. The predicted octanol–water partition coefficient (Wildman–Crippen LogP) is 2.15. The summed E-state index contributed by atoms with van der Waals surface area (Å²) in [6.07, 6.45) is 3.44. The number of hydrogen-bond acceptors (Lipinski definition) is 5. The van der Waals surface area contributed by atoms with Crippen LogP contribution in [0.3, 0.4) is 0 Å². The van der Waals surface area contributed by atoms with Crippen LogP contribution < -0.4 is 10.5 Å². The first-order valence-corrected chi connectivity index (χ1v) is 5.65. The van der Waals surface area contributed by atoms with Crippen molar-refractivity contribution in [3.05, 3.63) is 29.2 Å². The Kier molecular flexibility index (Phi) is 5.77. The van der Waals surface area contributed by atoms with E-state index in [1.54, 1.807) is 26.6 Å². The van der Waals surface area contributed by atoms with Gasteiger partial charge in [-0.05, 0) is 23.9 Å². The first kappa shape index (κ1) is 14.6. The van der Waals surface area contributed by atoms with Gasteiger partial charge >= 0.3 is 0 Å². The largest absolute Gasteiger partial charge is 0.481 e. The number of fused-ring (bicyclic) bond motifs is 1. The average Bonchev–Trinajstić information content (AvgIpc) is 2.40. The van der Waals surface area contributed by atoms with E-state index in [-0.39, 0.29) is 0 Å². The van der Waals surface area contributed by atoms with E-state index in [1.807, 2.05) is 13.0 Å². The molecule has 0 spiro atoms. The first-order chi connectivity index (χ1) is 8.63. The zero-order valence-corrected chi connectivity index (χ0v) is 11.4. The smallest absolute Gasteiger partial charge is 0.222 e. The van der Waals surface area contributed by atoms with E-state index in [9.17, 15) is 0 Å². The lowest BCUT2D eigenvalue weighted by Crippen LogP contribution is -1.98. The fourth-order valence-electron chi connectivity index (χ4n) is 1.38. The molecule has 0 aliphatic rings. The van der Waals surface area contributed by atoms with Gasteiger partial charge in [-0.15, -0.1) is 0 Å². The van der Waals surface area contributed by atoms with Crippen LogP contribution in [0.1, 0.15) is 5.56 Å². The molecule has 0 aliphatic heterocycles. The molecular formula is C12H16ClN3O2. The van der Waals surface area contributed by atoms with Gasteiger partial charge in [-0.3, -0.25) is 0 Å². The van der Waals surface area contributed by atoms with Crippen LogP contribution in [0.5, 0.6) is 5.88 Å². The predicted molar refractivity (Wildman–Crippen MR) is 71.9 cm³/mol. The second kappa shape index (κ2) is 7.10. The molecular weight excluding hydrogens is 254 g/mol. The van der Waals surface area contributed by atoms with Gasteiger partial charge in [0, 0.05) is 19.5 Å². The van der Waals surface area contributed by atoms with Gasteiger partial charge in [-0.2, -0.15) is 0 Å². The summed E-state index contributed by atoms with van der Waals surface area (Å²) >= 11 is 5.81. The van der Waals surface area contributed by atoms with Crippen molar-refractivity contribution in [2.45, 2.75) is 6.92 Å². The van der Waals surface area contributed by atoms with Crippen LogP contribution in [0, 0.1) is 6.92 Å². The van der Waals surface area contributed by atoms with Crippen molar-refractivity contribution in [2.24, 2.45) is 5.73 Å². The van der Waals surface area contributed by atoms with Crippen LogP contribution in [0.4, 0.5) is 0 Å². The molecule has 0 atom stereocenters. The van der Waals surface area contributed by atoms with Crippen LogP contribution in [-0.4, -0.2) is 30.9 Å². The van der Waals surface area contributed by atoms with E-state index < -0.39 is 0 Å². The first-order valence-electron chi connectivity index (χ1n) is 5.27. The number of methoxy groups -OCH3 is 2. The SMILES string of the molecule is COCN.COc1ncc(C)c2cc(Cl)ncc12. The maximum atomic E-state index is 5.81. The molecule has 5 nitrogen and oxygen atoms in total. The van der Waals surface area contributed by atoms with Crippen LogP contribution in [-0.2, 0) is 4.74 Å². The Hall–Kier alpha value is -1.43. The van der Waals surface area contributed by atoms with E-state index in [2.05, 4.69) is 14.7 Å². The molecule has 2 aromatic rings. The molecule has 98 valence electrons. The van der Waals surface area contributed by atoms with Crippen molar-refractivity contribution in [3.63, 3.8) is 0 Å². The van der Waals surface area contributed by atoms with Gasteiger partial charge in [0.1, 0.15) is 5.15 Å². The fraction of sp³-hybridized carbons (Fsp3) is 0.333. The van der Waals surface area contributed by atoms with Crippen LogP contribution in [0.15, 0.2) is 18.5 Å². The number of nitrogens with two attached hydrogens (primary N) is 1. The summed E-state index contributed by atoms with van der Waals surface area (Å²) in [7, 11) is 3.14. The fourth-order valence-corrected chi connectivity index (χ4v) is 1.54. The highest BCUT2D eigenvalue weighted by Gasteiger charge is 2.06. The van der Waals surface area contributed by atoms with E-state index in [1.165, 1.54) is 0 Å². The van der Waals surface area contributed by atoms with Crippen molar-refractivity contribution in [3.8, 4) is 5.88 Å².